The van der Waals surface area contributed by atoms with E-state index >= 15 is 0 Å². The first-order valence-corrected chi connectivity index (χ1v) is 13.1. The zero-order chi connectivity index (χ0) is 27.9. The molecule has 0 fully saturated rings. The minimum Gasteiger partial charge on any atom is -0.390 e. The molecule has 4 rings (SSSR count). The zero-order valence-corrected chi connectivity index (χ0v) is 21.9. The number of carbonyl (C=O) groups excluding carboxylic acids is 2. The van der Waals surface area contributed by atoms with Crippen molar-refractivity contribution in [3.05, 3.63) is 107 Å². The van der Waals surface area contributed by atoms with Crippen molar-refractivity contribution in [1.29, 1.82) is 0 Å². The largest absolute Gasteiger partial charge is 0.390 e. The molecule has 39 heavy (non-hydrogen) atoms. The van der Waals surface area contributed by atoms with Gasteiger partial charge in [0.15, 0.2) is 5.78 Å². The van der Waals surface area contributed by atoms with Gasteiger partial charge in [-0.3, -0.25) is 9.59 Å². The van der Waals surface area contributed by atoms with Gasteiger partial charge in [0.05, 0.1) is 6.10 Å². The number of benzene rings is 3. The number of nitrogens with zero attached hydrogens (tertiary/aromatic N) is 1. The summed E-state index contributed by atoms with van der Waals surface area (Å²) < 4.78 is 27.2. The molecule has 2 atom stereocenters. The number of H-pyrrole nitrogens is 1. The van der Waals surface area contributed by atoms with E-state index in [4.69, 9.17) is 5.73 Å². The molecule has 0 aliphatic heterocycles. The standard InChI is InChI=1S/C31H33F2N3O3/c1-2-20-6-5-7-21(12-20)18-36(19-30(38)27(34)15-22-13-23(32)16-24(33)14-22)31(39)11-10-29(37)26-17-35-28-9-4-3-8-25(26)28/h3-9,12-14,16-17,27,30,35,38H,2,10-11,15,18-19,34H2,1H3/t27-,30+/m0/s1. The third-order valence-corrected chi connectivity index (χ3v) is 6.88. The molecule has 4 aromatic rings. The van der Waals surface area contributed by atoms with Crippen LogP contribution in [0.5, 0.6) is 0 Å². The first-order valence-electron chi connectivity index (χ1n) is 13.1. The molecule has 6 nitrogen and oxygen atoms in total. The van der Waals surface area contributed by atoms with E-state index in [1.165, 1.54) is 17.0 Å². The number of aromatic nitrogens is 1. The Morgan fingerprint density at radius 3 is 2.41 bits per heavy atom. The number of carbonyl (C=O) groups is 2. The van der Waals surface area contributed by atoms with E-state index in [2.05, 4.69) is 4.98 Å². The quantitative estimate of drug-likeness (QED) is 0.225. The number of hydrogen-bond donors (Lipinski definition) is 3. The topological polar surface area (TPSA) is 99.4 Å². The Bertz CT molecular complexity index is 1430. The van der Waals surface area contributed by atoms with Gasteiger partial charge in [0, 0.05) is 60.7 Å². The fraction of sp³-hybridized carbons (Fsp3) is 0.290. The lowest BCUT2D eigenvalue weighted by molar-refractivity contribution is -0.133. The number of rotatable bonds is 12. The van der Waals surface area contributed by atoms with Crippen LogP contribution < -0.4 is 5.73 Å². The monoisotopic (exact) mass is 533 g/mol. The summed E-state index contributed by atoms with van der Waals surface area (Å²) in [6.07, 6.45) is 1.34. The van der Waals surface area contributed by atoms with E-state index in [0.717, 1.165) is 34.5 Å². The summed E-state index contributed by atoms with van der Waals surface area (Å²) in [5.41, 5.74) is 9.88. The number of amides is 1. The maximum atomic E-state index is 13.6. The van der Waals surface area contributed by atoms with Gasteiger partial charge in [-0.25, -0.2) is 8.78 Å². The van der Waals surface area contributed by atoms with Crippen LogP contribution in [0.25, 0.3) is 10.9 Å². The molecule has 0 saturated carbocycles. The van der Waals surface area contributed by atoms with E-state index in [1.54, 1.807) is 6.20 Å². The third kappa shape index (κ3) is 7.37. The third-order valence-electron chi connectivity index (χ3n) is 6.88. The summed E-state index contributed by atoms with van der Waals surface area (Å²) in [5.74, 6) is -1.90. The molecule has 0 unspecified atom stereocenters. The maximum absolute atomic E-state index is 13.6. The van der Waals surface area contributed by atoms with Gasteiger partial charge < -0.3 is 20.7 Å². The van der Waals surface area contributed by atoms with Crippen LogP contribution in [-0.4, -0.2) is 45.4 Å². The molecule has 8 heteroatoms. The lowest BCUT2D eigenvalue weighted by Gasteiger charge is -2.28. The molecule has 0 aliphatic rings. The number of aryl methyl sites for hydroxylation is 1. The Morgan fingerprint density at radius 1 is 0.949 bits per heavy atom. The Hall–Kier alpha value is -3.88. The number of ketones is 1. The van der Waals surface area contributed by atoms with Crippen molar-refractivity contribution in [1.82, 2.24) is 9.88 Å². The highest BCUT2D eigenvalue weighted by Gasteiger charge is 2.24. The van der Waals surface area contributed by atoms with Crippen molar-refractivity contribution >= 4 is 22.6 Å². The van der Waals surface area contributed by atoms with Crippen LogP contribution in [0.3, 0.4) is 0 Å². The van der Waals surface area contributed by atoms with Gasteiger partial charge in [-0.2, -0.15) is 0 Å². The van der Waals surface area contributed by atoms with Crippen molar-refractivity contribution in [3.8, 4) is 0 Å². The lowest BCUT2D eigenvalue weighted by Crippen LogP contribution is -2.46. The number of halogens is 2. The molecule has 0 spiro atoms. The summed E-state index contributed by atoms with van der Waals surface area (Å²) >= 11 is 0. The minimum absolute atomic E-state index is 0.0108. The lowest BCUT2D eigenvalue weighted by atomic mass is 10.0. The highest BCUT2D eigenvalue weighted by molar-refractivity contribution is 6.08. The van der Waals surface area contributed by atoms with Gasteiger partial charge in [-0.15, -0.1) is 0 Å². The molecule has 4 N–H and O–H groups in total. The number of para-hydroxylation sites is 1. The summed E-state index contributed by atoms with van der Waals surface area (Å²) in [5, 5.41) is 11.7. The molecular formula is C31H33F2N3O3. The summed E-state index contributed by atoms with van der Waals surface area (Å²) in [6, 6.07) is 17.5. The summed E-state index contributed by atoms with van der Waals surface area (Å²) in [4.78, 5) is 30.9. The van der Waals surface area contributed by atoms with Gasteiger partial charge >= 0.3 is 0 Å². The Kier molecular flexibility index (Phi) is 9.22. The van der Waals surface area contributed by atoms with E-state index in [0.29, 0.717) is 11.1 Å². The smallest absolute Gasteiger partial charge is 0.223 e. The van der Waals surface area contributed by atoms with Gasteiger partial charge in [0.25, 0.3) is 0 Å². The fourth-order valence-electron chi connectivity index (χ4n) is 4.74. The van der Waals surface area contributed by atoms with Crippen molar-refractivity contribution in [2.45, 2.75) is 51.3 Å². The van der Waals surface area contributed by atoms with E-state index < -0.39 is 23.8 Å². The SMILES string of the molecule is CCc1cccc(CN(C[C@@H](O)[C@@H](N)Cc2cc(F)cc(F)c2)C(=O)CCC(=O)c2c[nH]c3ccccc23)c1. The second kappa shape index (κ2) is 12.8. The van der Waals surface area contributed by atoms with Crippen LogP contribution in [0, 0.1) is 11.6 Å². The molecule has 1 aromatic heterocycles. The molecule has 0 saturated heterocycles. The van der Waals surface area contributed by atoms with Crippen molar-refractivity contribution in [3.63, 3.8) is 0 Å². The number of nitrogens with one attached hydrogen (secondary N) is 1. The number of aliphatic hydroxyl groups is 1. The molecule has 1 heterocycles. The normalized spacial score (nSPS) is 12.8. The number of fused-ring (bicyclic) bond motifs is 1. The first kappa shape index (κ1) is 28.1. The Labute approximate surface area is 226 Å². The zero-order valence-electron chi connectivity index (χ0n) is 21.9. The first-order chi connectivity index (χ1) is 18.7. The summed E-state index contributed by atoms with van der Waals surface area (Å²) in [7, 11) is 0. The molecular weight excluding hydrogens is 500 g/mol. The molecule has 1 amide bonds. The van der Waals surface area contributed by atoms with Crippen molar-refractivity contribution < 1.29 is 23.5 Å². The Morgan fingerprint density at radius 2 is 1.67 bits per heavy atom. The second-order valence-corrected chi connectivity index (χ2v) is 9.83. The molecule has 0 bridgehead atoms. The van der Waals surface area contributed by atoms with Crippen molar-refractivity contribution in [2.75, 3.05) is 6.54 Å². The highest BCUT2D eigenvalue weighted by atomic mass is 19.1. The average Bonchev–Trinajstić information content (AvgIpc) is 3.35. The van der Waals surface area contributed by atoms with Gasteiger partial charge in [-0.1, -0.05) is 49.4 Å². The molecule has 0 aliphatic carbocycles. The highest BCUT2D eigenvalue weighted by Crippen LogP contribution is 2.20. The van der Waals surface area contributed by atoms with Crippen LogP contribution in [0.1, 0.15) is 46.8 Å². The van der Waals surface area contributed by atoms with Crippen LogP contribution in [0.4, 0.5) is 8.78 Å². The molecule has 3 aromatic carbocycles. The summed E-state index contributed by atoms with van der Waals surface area (Å²) in [6.45, 7) is 2.18. The number of hydrogen-bond acceptors (Lipinski definition) is 4. The second-order valence-electron chi connectivity index (χ2n) is 9.83. The van der Waals surface area contributed by atoms with Gasteiger partial charge in [0.1, 0.15) is 11.6 Å². The van der Waals surface area contributed by atoms with Crippen molar-refractivity contribution in [2.24, 2.45) is 5.73 Å². The average molecular weight is 534 g/mol. The minimum atomic E-state index is -1.15. The predicted octanol–water partition coefficient (Wildman–Crippen LogP) is 4.93. The fourth-order valence-corrected chi connectivity index (χ4v) is 4.74. The number of Topliss-reactive ketones (excluding diaryl/α,β-unsaturated/α-hetero) is 1. The van der Waals surface area contributed by atoms with Gasteiger partial charge in [-0.05, 0) is 47.7 Å². The number of aliphatic hydroxyl groups excluding tert-OH is 1. The van der Waals surface area contributed by atoms with Crippen LogP contribution in [0.15, 0.2) is 72.9 Å². The van der Waals surface area contributed by atoms with Gasteiger partial charge in [0.2, 0.25) is 5.91 Å². The number of nitrogens with two attached hydrogens (primary N) is 1. The van der Waals surface area contributed by atoms with E-state index in [1.807, 2.05) is 55.5 Å². The number of aromatic amines is 1. The van der Waals surface area contributed by atoms with Crippen LogP contribution in [-0.2, 0) is 24.2 Å². The Balaban J connectivity index is 1.46. The predicted molar refractivity (Wildman–Crippen MR) is 147 cm³/mol. The van der Waals surface area contributed by atoms with E-state index in [-0.39, 0.29) is 44.0 Å². The molecule has 0 radical (unpaired) electrons. The molecule has 204 valence electrons. The van der Waals surface area contributed by atoms with E-state index in [9.17, 15) is 23.5 Å². The van der Waals surface area contributed by atoms with Crippen LogP contribution >= 0.6 is 0 Å². The van der Waals surface area contributed by atoms with Crippen LogP contribution in [0.2, 0.25) is 0 Å². The maximum Gasteiger partial charge on any atom is 0.223 e.